The van der Waals surface area contributed by atoms with Gasteiger partial charge in [-0.3, -0.25) is 10.1 Å². The Labute approximate surface area is 83.2 Å². The van der Waals surface area contributed by atoms with E-state index in [1.807, 2.05) is 6.92 Å². The van der Waals surface area contributed by atoms with Crippen LogP contribution in [-0.2, 0) is 0 Å². The lowest BCUT2D eigenvalue weighted by Gasteiger charge is -2.09. The molecule has 3 heteroatoms. The third kappa shape index (κ3) is 1.99. The molecule has 0 aromatic heterocycles. The van der Waals surface area contributed by atoms with Crippen molar-refractivity contribution in [3.8, 4) is 0 Å². The summed E-state index contributed by atoms with van der Waals surface area (Å²) in [4.78, 5) is 10.1. The third-order valence-electron chi connectivity index (χ3n) is 2.16. The first-order chi connectivity index (χ1) is 6.56. The minimum absolute atomic E-state index is 0.0982. The van der Waals surface area contributed by atoms with Crippen LogP contribution in [0.15, 0.2) is 30.9 Å². The van der Waals surface area contributed by atoms with Gasteiger partial charge < -0.3 is 0 Å². The Kier molecular flexibility index (Phi) is 3.02. The number of nitrogens with zero attached hydrogens (tertiary/aromatic N) is 1. The fraction of sp³-hybridized carbons (Fsp3) is 0.182. The number of aryl methyl sites for hydroxylation is 1. The number of rotatable bonds is 3. The lowest BCUT2D eigenvalue weighted by molar-refractivity contribution is -0.384. The fourth-order valence-electron chi connectivity index (χ4n) is 1.27. The Hall–Kier alpha value is -1.64. The number of hydrogen-bond donors (Lipinski definition) is 0. The molecule has 0 amide bonds. The van der Waals surface area contributed by atoms with Gasteiger partial charge in [0.05, 0.1) is 4.92 Å². The zero-order valence-corrected chi connectivity index (χ0v) is 8.06. The van der Waals surface area contributed by atoms with Crippen molar-refractivity contribution >= 4 is 5.69 Å². The predicted octanol–water partition coefficient (Wildman–Crippen LogP) is 3.01. The van der Waals surface area contributed by atoms with E-state index in [0.29, 0.717) is 0 Å². The first-order valence-electron chi connectivity index (χ1n) is 4.27. The molecule has 0 bridgehead atoms. The first-order valence-corrected chi connectivity index (χ1v) is 4.27. The highest BCUT2D eigenvalue weighted by Gasteiger charge is 2.11. The van der Waals surface area contributed by atoms with Crippen molar-refractivity contribution in [2.24, 2.45) is 0 Å². The van der Waals surface area contributed by atoms with Gasteiger partial charge in [-0.15, -0.1) is 6.58 Å². The number of benzene rings is 1. The SMILES string of the molecule is [CH2]C(C=C)c1cc([N+](=O)[O-])ccc1C. The Morgan fingerprint density at radius 2 is 2.21 bits per heavy atom. The molecule has 1 atom stereocenters. The molecule has 1 unspecified atom stereocenters. The van der Waals surface area contributed by atoms with Crippen LogP contribution in [0.25, 0.3) is 0 Å². The monoisotopic (exact) mass is 190 g/mol. The Morgan fingerprint density at radius 1 is 1.57 bits per heavy atom. The van der Waals surface area contributed by atoms with E-state index >= 15 is 0 Å². The fourth-order valence-corrected chi connectivity index (χ4v) is 1.27. The van der Waals surface area contributed by atoms with Crippen molar-refractivity contribution < 1.29 is 4.92 Å². The third-order valence-corrected chi connectivity index (χ3v) is 2.16. The Balaban J connectivity index is 3.20. The summed E-state index contributed by atoms with van der Waals surface area (Å²) in [6.07, 6.45) is 1.67. The van der Waals surface area contributed by atoms with Crippen molar-refractivity contribution in [2.45, 2.75) is 12.8 Å². The molecule has 0 heterocycles. The Bertz CT molecular complexity index is 372. The highest BCUT2D eigenvalue weighted by atomic mass is 16.6. The lowest BCUT2D eigenvalue weighted by atomic mass is 9.96. The van der Waals surface area contributed by atoms with Crippen LogP contribution < -0.4 is 0 Å². The van der Waals surface area contributed by atoms with Crippen molar-refractivity contribution in [1.29, 1.82) is 0 Å². The van der Waals surface area contributed by atoms with Crippen molar-refractivity contribution in [3.63, 3.8) is 0 Å². The molecule has 0 fully saturated rings. The summed E-state index contributed by atoms with van der Waals surface area (Å²) >= 11 is 0. The van der Waals surface area contributed by atoms with E-state index in [-0.39, 0.29) is 11.6 Å². The maximum absolute atomic E-state index is 10.5. The quantitative estimate of drug-likeness (QED) is 0.417. The summed E-state index contributed by atoms with van der Waals surface area (Å²) in [5.41, 5.74) is 1.95. The van der Waals surface area contributed by atoms with E-state index in [0.717, 1.165) is 11.1 Å². The second-order valence-electron chi connectivity index (χ2n) is 3.14. The van der Waals surface area contributed by atoms with Crippen LogP contribution in [-0.4, -0.2) is 4.92 Å². The van der Waals surface area contributed by atoms with E-state index in [1.165, 1.54) is 6.07 Å². The molecule has 1 radical (unpaired) electrons. The van der Waals surface area contributed by atoms with E-state index in [4.69, 9.17) is 0 Å². The molecule has 0 saturated heterocycles. The zero-order valence-electron chi connectivity index (χ0n) is 8.06. The molecule has 1 rings (SSSR count). The normalized spacial score (nSPS) is 12.1. The summed E-state index contributed by atoms with van der Waals surface area (Å²) in [5.74, 6) is -0.102. The van der Waals surface area contributed by atoms with Gasteiger partial charge in [0, 0.05) is 18.1 Å². The van der Waals surface area contributed by atoms with E-state index in [1.54, 1.807) is 18.2 Å². The molecule has 73 valence electrons. The minimum atomic E-state index is -0.404. The van der Waals surface area contributed by atoms with Gasteiger partial charge in [0.25, 0.3) is 5.69 Å². The molecule has 0 N–H and O–H groups in total. The lowest BCUT2D eigenvalue weighted by Crippen LogP contribution is -1.96. The van der Waals surface area contributed by atoms with Crippen LogP contribution in [0.1, 0.15) is 17.0 Å². The van der Waals surface area contributed by atoms with Gasteiger partial charge in [0.2, 0.25) is 0 Å². The summed E-state index contributed by atoms with van der Waals surface area (Å²) in [6.45, 7) is 9.37. The van der Waals surface area contributed by atoms with E-state index in [2.05, 4.69) is 13.5 Å². The molecule has 3 nitrogen and oxygen atoms in total. The zero-order chi connectivity index (χ0) is 10.7. The molecule has 0 spiro atoms. The molecule has 1 aromatic carbocycles. The van der Waals surface area contributed by atoms with Gasteiger partial charge >= 0.3 is 0 Å². The molecule has 0 aliphatic rings. The summed E-state index contributed by atoms with van der Waals surface area (Å²) < 4.78 is 0. The van der Waals surface area contributed by atoms with Crippen LogP contribution >= 0.6 is 0 Å². The molecule has 0 aliphatic carbocycles. The summed E-state index contributed by atoms with van der Waals surface area (Å²) in [6, 6.07) is 4.78. The summed E-state index contributed by atoms with van der Waals surface area (Å²) in [5, 5.41) is 10.5. The second-order valence-corrected chi connectivity index (χ2v) is 3.14. The molecular formula is C11H12NO2. The van der Waals surface area contributed by atoms with Crippen LogP contribution in [0.5, 0.6) is 0 Å². The minimum Gasteiger partial charge on any atom is -0.258 e. The van der Waals surface area contributed by atoms with Gasteiger partial charge in [-0.1, -0.05) is 12.1 Å². The number of hydrogen-bond acceptors (Lipinski definition) is 2. The molecule has 14 heavy (non-hydrogen) atoms. The van der Waals surface area contributed by atoms with Crippen LogP contribution in [0.3, 0.4) is 0 Å². The van der Waals surface area contributed by atoms with Crippen molar-refractivity contribution in [3.05, 3.63) is 59.0 Å². The van der Waals surface area contributed by atoms with Gasteiger partial charge in [0.1, 0.15) is 0 Å². The van der Waals surface area contributed by atoms with Gasteiger partial charge in [-0.05, 0) is 25.0 Å². The van der Waals surface area contributed by atoms with Gasteiger partial charge in [-0.2, -0.15) is 0 Å². The summed E-state index contributed by atoms with van der Waals surface area (Å²) in [7, 11) is 0. The smallest absolute Gasteiger partial charge is 0.258 e. The average molecular weight is 190 g/mol. The van der Waals surface area contributed by atoms with E-state index < -0.39 is 4.92 Å². The number of nitro benzene ring substituents is 1. The maximum atomic E-state index is 10.5. The second kappa shape index (κ2) is 4.05. The number of non-ortho nitro benzene ring substituents is 1. The van der Waals surface area contributed by atoms with Crippen LogP contribution in [0.4, 0.5) is 5.69 Å². The van der Waals surface area contributed by atoms with Crippen LogP contribution in [0.2, 0.25) is 0 Å². The number of allylic oxidation sites excluding steroid dienone is 1. The largest absolute Gasteiger partial charge is 0.269 e. The van der Waals surface area contributed by atoms with Crippen LogP contribution in [0, 0.1) is 24.0 Å². The van der Waals surface area contributed by atoms with Crippen molar-refractivity contribution in [2.75, 3.05) is 0 Å². The molecule has 0 aliphatic heterocycles. The highest BCUT2D eigenvalue weighted by Crippen LogP contribution is 2.24. The number of nitro groups is 1. The Morgan fingerprint density at radius 3 is 2.71 bits per heavy atom. The van der Waals surface area contributed by atoms with Crippen molar-refractivity contribution in [1.82, 2.24) is 0 Å². The van der Waals surface area contributed by atoms with E-state index in [9.17, 15) is 10.1 Å². The molecule has 0 saturated carbocycles. The predicted molar refractivity (Wildman–Crippen MR) is 56.1 cm³/mol. The molecular weight excluding hydrogens is 178 g/mol. The standard InChI is InChI=1S/C11H12NO2/c1-4-8(2)11-7-10(12(13)14)6-5-9(11)3/h4-8H,1-2H2,3H3. The van der Waals surface area contributed by atoms with Gasteiger partial charge in [0.15, 0.2) is 0 Å². The topological polar surface area (TPSA) is 43.1 Å². The molecule has 1 aromatic rings. The highest BCUT2D eigenvalue weighted by molar-refractivity contribution is 5.42. The first kappa shape index (κ1) is 10.4. The average Bonchev–Trinajstić information content (AvgIpc) is 2.17. The maximum Gasteiger partial charge on any atom is 0.269 e. The van der Waals surface area contributed by atoms with Gasteiger partial charge in [-0.25, -0.2) is 0 Å².